The van der Waals surface area contributed by atoms with Crippen LogP contribution in [0.1, 0.15) is 45.7 Å². The molecule has 1 aliphatic carbocycles. The van der Waals surface area contributed by atoms with Crippen molar-refractivity contribution in [2.24, 2.45) is 0 Å². The van der Waals surface area contributed by atoms with Crippen molar-refractivity contribution >= 4 is 29.1 Å². The fraction of sp³-hybridized carbons (Fsp3) is 0.143. The van der Waals surface area contributed by atoms with Gasteiger partial charge in [0.1, 0.15) is 5.76 Å². The summed E-state index contributed by atoms with van der Waals surface area (Å²) in [5.41, 5.74) is 3.27. The zero-order valence-corrected chi connectivity index (χ0v) is 18.2. The van der Waals surface area contributed by atoms with Crippen LogP contribution in [0.3, 0.4) is 0 Å². The smallest absolute Gasteiger partial charge is 0.198 e. The van der Waals surface area contributed by atoms with Gasteiger partial charge in [0.15, 0.2) is 11.6 Å². The van der Waals surface area contributed by atoms with Crippen LogP contribution >= 0.6 is 0 Å². The van der Waals surface area contributed by atoms with Crippen LogP contribution < -0.4 is 4.90 Å². The Morgan fingerprint density at radius 1 is 0.781 bits per heavy atom. The van der Waals surface area contributed by atoms with Crippen molar-refractivity contribution in [3.05, 3.63) is 112 Å². The highest BCUT2D eigenvalue weighted by Crippen LogP contribution is 2.35. The molecular weight excluding hydrogens is 398 g/mol. The topological polar surface area (TPSA) is 57.6 Å². The number of benzene rings is 3. The molecule has 0 fully saturated rings. The highest BCUT2D eigenvalue weighted by atomic mass is 16.3. The Kier molecular flexibility index (Phi) is 6.04. The van der Waals surface area contributed by atoms with Crippen molar-refractivity contribution in [1.29, 1.82) is 0 Å². The molecule has 3 aromatic carbocycles. The van der Waals surface area contributed by atoms with E-state index in [0.717, 1.165) is 24.3 Å². The number of fused-ring (bicyclic) bond motifs is 1. The van der Waals surface area contributed by atoms with Crippen LogP contribution in [0.15, 0.2) is 90.0 Å². The van der Waals surface area contributed by atoms with E-state index in [0.29, 0.717) is 16.7 Å². The second kappa shape index (κ2) is 9.06. The first-order valence-electron chi connectivity index (χ1n) is 10.8. The molecule has 4 rings (SSSR count). The minimum atomic E-state index is -0.354. The van der Waals surface area contributed by atoms with E-state index < -0.39 is 0 Å². The summed E-state index contributed by atoms with van der Waals surface area (Å²) < 4.78 is 0. The van der Waals surface area contributed by atoms with Gasteiger partial charge in [-0.1, -0.05) is 66.7 Å². The maximum absolute atomic E-state index is 13.4. The molecular formula is C28H25NO3. The minimum absolute atomic E-state index is 0.0349. The minimum Gasteiger partial charge on any atom is -0.507 e. The summed E-state index contributed by atoms with van der Waals surface area (Å²) in [6.07, 6.45) is 1.69. The fourth-order valence-corrected chi connectivity index (χ4v) is 4.04. The van der Waals surface area contributed by atoms with E-state index in [1.54, 1.807) is 54.6 Å². The van der Waals surface area contributed by atoms with Crippen molar-refractivity contribution in [3.63, 3.8) is 0 Å². The van der Waals surface area contributed by atoms with Gasteiger partial charge in [-0.05, 0) is 37.6 Å². The van der Waals surface area contributed by atoms with E-state index in [4.69, 9.17) is 0 Å². The lowest BCUT2D eigenvalue weighted by molar-refractivity contribution is 0.0972. The average Bonchev–Trinajstić information content (AvgIpc) is 2.84. The van der Waals surface area contributed by atoms with Gasteiger partial charge in [0.25, 0.3) is 0 Å². The number of hydrogen-bond acceptors (Lipinski definition) is 4. The van der Waals surface area contributed by atoms with Crippen LogP contribution in [0.4, 0.5) is 5.69 Å². The SMILES string of the molecule is CCN(CC)c1ccc(/C=C2\C(=O)c3ccccc3C(=O)C2=C(O)c2ccccc2)cc1. The molecule has 0 radical (unpaired) electrons. The molecule has 32 heavy (non-hydrogen) atoms. The van der Waals surface area contributed by atoms with Gasteiger partial charge in [0.05, 0.1) is 5.57 Å². The molecule has 0 bridgehead atoms. The Morgan fingerprint density at radius 3 is 1.94 bits per heavy atom. The predicted molar refractivity (Wildman–Crippen MR) is 129 cm³/mol. The second-order valence-corrected chi connectivity index (χ2v) is 7.62. The molecule has 0 atom stereocenters. The van der Waals surface area contributed by atoms with Gasteiger partial charge < -0.3 is 10.0 Å². The van der Waals surface area contributed by atoms with E-state index in [2.05, 4.69) is 18.7 Å². The van der Waals surface area contributed by atoms with E-state index in [-0.39, 0.29) is 28.5 Å². The van der Waals surface area contributed by atoms with Gasteiger partial charge in [0, 0.05) is 41.0 Å². The molecule has 0 aromatic heterocycles. The number of nitrogens with zero attached hydrogens (tertiary/aromatic N) is 1. The molecule has 4 nitrogen and oxygen atoms in total. The molecule has 0 aliphatic heterocycles. The lowest BCUT2D eigenvalue weighted by Gasteiger charge is -2.22. The number of Topliss-reactive ketones (excluding diaryl/α,β-unsaturated/α-hetero) is 2. The summed E-state index contributed by atoms with van der Waals surface area (Å²) in [6, 6.07) is 23.4. The third kappa shape index (κ3) is 3.87. The molecule has 3 aromatic rings. The molecule has 0 unspecified atom stereocenters. The molecule has 4 heteroatoms. The average molecular weight is 424 g/mol. The third-order valence-corrected chi connectivity index (χ3v) is 5.77. The molecule has 1 N–H and O–H groups in total. The normalized spacial score (nSPS) is 16.1. The number of allylic oxidation sites excluding steroid dienone is 2. The Morgan fingerprint density at radius 2 is 1.34 bits per heavy atom. The highest BCUT2D eigenvalue weighted by molar-refractivity contribution is 6.34. The van der Waals surface area contributed by atoms with Gasteiger partial charge in [-0.2, -0.15) is 0 Å². The van der Waals surface area contributed by atoms with Crippen LogP contribution in [0.2, 0.25) is 0 Å². The highest BCUT2D eigenvalue weighted by Gasteiger charge is 2.35. The van der Waals surface area contributed by atoms with E-state index in [1.807, 2.05) is 30.3 Å². The summed E-state index contributed by atoms with van der Waals surface area (Å²) >= 11 is 0. The van der Waals surface area contributed by atoms with Crippen molar-refractivity contribution < 1.29 is 14.7 Å². The Balaban J connectivity index is 1.87. The first-order valence-corrected chi connectivity index (χ1v) is 10.8. The summed E-state index contributed by atoms with van der Waals surface area (Å²) in [4.78, 5) is 29.0. The number of aliphatic hydroxyl groups is 1. The number of ketones is 2. The maximum atomic E-state index is 13.4. The number of hydrogen-bond donors (Lipinski definition) is 1. The Labute approximate surface area is 188 Å². The Hall–Kier alpha value is -3.92. The van der Waals surface area contributed by atoms with Crippen LogP contribution in [0.5, 0.6) is 0 Å². The number of anilines is 1. The van der Waals surface area contributed by atoms with Crippen molar-refractivity contribution in [2.45, 2.75) is 13.8 Å². The monoisotopic (exact) mass is 423 g/mol. The van der Waals surface area contributed by atoms with Crippen molar-refractivity contribution in [3.8, 4) is 0 Å². The van der Waals surface area contributed by atoms with Gasteiger partial charge in [-0.15, -0.1) is 0 Å². The molecule has 0 spiro atoms. The molecule has 1 aliphatic rings. The largest absolute Gasteiger partial charge is 0.507 e. The molecule has 0 saturated carbocycles. The first kappa shape index (κ1) is 21.3. The van der Waals surface area contributed by atoms with Gasteiger partial charge >= 0.3 is 0 Å². The number of rotatable bonds is 5. The molecule has 160 valence electrons. The van der Waals surface area contributed by atoms with Crippen molar-refractivity contribution in [1.82, 2.24) is 0 Å². The van der Waals surface area contributed by atoms with Crippen LogP contribution in [-0.4, -0.2) is 29.8 Å². The number of aliphatic hydroxyl groups excluding tert-OH is 1. The fourth-order valence-electron chi connectivity index (χ4n) is 4.04. The van der Waals surface area contributed by atoms with Crippen LogP contribution in [0, 0.1) is 0 Å². The van der Waals surface area contributed by atoms with Crippen molar-refractivity contribution in [2.75, 3.05) is 18.0 Å². The summed E-state index contributed by atoms with van der Waals surface area (Å²) in [7, 11) is 0. The van der Waals surface area contributed by atoms with Gasteiger partial charge in [-0.3, -0.25) is 9.59 Å². The molecule has 0 saturated heterocycles. The number of carbonyl (C=O) groups is 2. The van der Waals surface area contributed by atoms with Crippen LogP contribution in [-0.2, 0) is 0 Å². The number of carbonyl (C=O) groups excluding carboxylic acids is 2. The quantitative estimate of drug-likeness (QED) is 0.406. The lowest BCUT2D eigenvalue weighted by atomic mass is 9.80. The molecule has 0 amide bonds. The predicted octanol–water partition coefficient (Wildman–Crippen LogP) is 5.96. The Bertz CT molecular complexity index is 1220. The zero-order valence-electron chi connectivity index (χ0n) is 18.2. The third-order valence-electron chi connectivity index (χ3n) is 5.77. The summed E-state index contributed by atoms with van der Waals surface area (Å²) in [5, 5.41) is 11.0. The molecule has 0 heterocycles. The standard InChI is InChI=1S/C28H25NO3/c1-3-29(4-2)21-16-14-19(15-17-21)18-24-25(26(30)20-10-6-5-7-11-20)28(32)23-13-9-8-12-22(23)27(24)31/h5-18,30H,3-4H2,1-2H3/b24-18-,26-25?. The van der Waals surface area contributed by atoms with Gasteiger partial charge in [-0.25, -0.2) is 0 Å². The van der Waals surface area contributed by atoms with E-state index in [1.165, 1.54) is 0 Å². The summed E-state index contributed by atoms with van der Waals surface area (Å²) in [5.74, 6) is -0.817. The zero-order chi connectivity index (χ0) is 22.7. The lowest BCUT2D eigenvalue weighted by Crippen LogP contribution is -2.24. The second-order valence-electron chi connectivity index (χ2n) is 7.62. The summed E-state index contributed by atoms with van der Waals surface area (Å²) in [6.45, 7) is 6.01. The first-order chi connectivity index (χ1) is 15.5. The maximum Gasteiger partial charge on any atom is 0.198 e. The van der Waals surface area contributed by atoms with E-state index >= 15 is 0 Å². The van der Waals surface area contributed by atoms with Gasteiger partial charge in [0.2, 0.25) is 0 Å². The van der Waals surface area contributed by atoms with Crippen LogP contribution in [0.25, 0.3) is 11.8 Å². The van der Waals surface area contributed by atoms with E-state index in [9.17, 15) is 14.7 Å².